The summed E-state index contributed by atoms with van der Waals surface area (Å²) >= 11 is 0. The lowest BCUT2D eigenvalue weighted by Crippen LogP contribution is -2.45. The van der Waals surface area contributed by atoms with E-state index < -0.39 is 23.6 Å². The number of amides is 1. The highest BCUT2D eigenvalue weighted by Crippen LogP contribution is 2.31. The summed E-state index contributed by atoms with van der Waals surface area (Å²) in [6, 6.07) is 3.57. The second-order valence-electron chi connectivity index (χ2n) is 10.3. The van der Waals surface area contributed by atoms with Gasteiger partial charge in [-0.15, -0.1) is 0 Å². The molecule has 0 saturated carbocycles. The second kappa shape index (κ2) is 10.6. The molecular formula is C26H32F2N8O2. The number of halogens is 2. The minimum absolute atomic E-state index is 0.0596. The molecule has 1 amide bonds. The standard InChI is InChI=1S/C26H32F2N8O2/c1-15(2)23-32-26(38-33-23)35-8-6-18(7-9-35)34(3)24(37)16-11-30-25(31-12-16)36-13-20(22(29)14-36)19-10-17(27)4-5-21(19)28/h4-5,10-12,15,18,20,22H,6-9,13-14,29H2,1-3H3. The average Bonchev–Trinajstić information content (AvgIpc) is 3.57. The highest BCUT2D eigenvalue weighted by Gasteiger charge is 2.35. The molecule has 2 aromatic heterocycles. The lowest BCUT2D eigenvalue weighted by Gasteiger charge is -2.35. The Bertz CT molecular complexity index is 1280. The van der Waals surface area contributed by atoms with Crippen LogP contribution < -0.4 is 15.5 Å². The van der Waals surface area contributed by atoms with Gasteiger partial charge < -0.3 is 25.0 Å². The van der Waals surface area contributed by atoms with Crippen LogP contribution in [0.3, 0.4) is 0 Å². The number of nitrogens with zero attached hydrogens (tertiary/aromatic N) is 7. The maximum atomic E-state index is 14.3. The molecule has 0 spiro atoms. The van der Waals surface area contributed by atoms with Crippen LogP contribution >= 0.6 is 0 Å². The van der Waals surface area contributed by atoms with E-state index in [1.54, 1.807) is 11.9 Å². The summed E-state index contributed by atoms with van der Waals surface area (Å²) in [4.78, 5) is 32.0. The Balaban J connectivity index is 1.18. The number of rotatable bonds is 6. The topological polar surface area (TPSA) is 118 Å². The molecule has 202 valence electrons. The van der Waals surface area contributed by atoms with Gasteiger partial charge in [0.2, 0.25) is 5.95 Å². The van der Waals surface area contributed by atoms with Gasteiger partial charge in [-0.25, -0.2) is 18.7 Å². The second-order valence-corrected chi connectivity index (χ2v) is 10.3. The van der Waals surface area contributed by atoms with Gasteiger partial charge in [0.1, 0.15) is 11.6 Å². The fraction of sp³-hybridized carbons (Fsp3) is 0.500. The van der Waals surface area contributed by atoms with E-state index in [4.69, 9.17) is 10.3 Å². The van der Waals surface area contributed by atoms with Crippen LogP contribution in [0.5, 0.6) is 0 Å². The lowest BCUT2D eigenvalue weighted by molar-refractivity contribution is 0.0707. The maximum absolute atomic E-state index is 14.3. The third-order valence-corrected chi connectivity index (χ3v) is 7.44. The van der Waals surface area contributed by atoms with E-state index in [9.17, 15) is 13.6 Å². The Hall–Kier alpha value is -3.67. The Morgan fingerprint density at radius 1 is 1.13 bits per heavy atom. The molecule has 38 heavy (non-hydrogen) atoms. The predicted molar refractivity (Wildman–Crippen MR) is 137 cm³/mol. The van der Waals surface area contributed by atoms with Gasteiger partial charge in [-0.3, -0.25) is 4.79 Å². The zero-order valence-electron chi connectivity index (χ0n) is 21.7. The molecular weight excluding hydrogens is 494 g/mol. The number of nitrogens with two attached hydrogens (primary N) is 1. The molecule has 0 bridgehead atoms. The van der Waals surface area contributed by atoms with Gasteiger partial charge in [0.25, 0.3) is 5.91 Å². The van der Waals surface area contributed by atoms with Crippen molar-refractivity contribution in [1.29, 1.82) is 0 Å². The number of hydrogen-bond acceptors (Lipinski definition) is 9. The number of carbonyl (C=O) groups is 1. The molecule has 0 radical (unpaired) electrons. The fourth-order valence-electron chi connectivity index (χ4n) is 5.12. The number of anilines is 2. The van der Waals surface area contributed by atoms with Gasteiger partial charge in [0, 0.05) is 69.5 Å². The van der Waals surface area contributed by atoms with Crippen molar-refractivity contribution in [3.05, 3.63) is 59.2 Å². The zero-order valence-corrected chi connectivity index (χ0v) is 21.7. The number of aromatic nitrogens is 4. The maximum Gasteiger partial charge on any atom is 0.324 e. The number of piperidine rings is 1. The molecule has 3 aromatic rings. The van der Waals surface area contributed by atoms with Gasteiger partial charge >= 0.3 is 6.01 Å². The Morgan fingerprint density at radius 2 is 1.84 bits per heavy atom. The van der Waals surface area contributed by atoms with E-state index in [1.165, 1.54) is 18.5 Å². The monoisotopic (exact) mass is 526 g/mol. The van der Waals surface area contributed by atoms with Crippen molar-refractivity contribution < 1.29 is 18.1 Å². The molecule has 12 heteroatoms. The first-order valence-electron chi connectivity index (χ1n) is 12.8. The van der Waals surface area contributed by atoms with Crippen LogP contribution in [-0.2, 0) is 0 Å². The molecule has 0 aliphatic carbocycles. The number of carbonyl (C=O) groups excluding carboxylic acids is 1. The fourth-order valence-corrected chi connectivity index (χ4v) is 5.12. The van der Waals surface area contributed by atoms with Gasteiger partial charge in [-0.2, -0.15) is 4.98 Å². The normalized spacial score (nSPS) is 20.4. The third kappa shape index (κ3) is 5.17. The first kappa shape index (κ1) is 26.0. The first-order valence-corrected chi connectivity index (χ1v) is 12.8. The molecule has 2 aliphatic rings. The first-order chi connectivity index (χ1) is 18.2. The summed E-state index contributed by atoms with van der Waals surface area (Å²) in [7, 11) is 1.79. The summed E-state index contributed by atoms with van der Waals surface area (Å²) < 4.78 is 33.4. The highest BCUT2D eigenvalue weighted by molar-refractivity contribution is 5.93. The summed E-state index contributed by atoms with van der Waals surface area (Å²) in [6.45, 7) is 6.20. The quantitative estimate of drug-likeness (QED) is 0.517. The van der Waals surface area contributed by atoms with Crippen LogP contribution in [0.1, 0.15) is 60.3 Å². The molecule has 10 nitrogen and oxygen atoms in total. The van der Waals surface area contributed by atoms with Crippen LogP contribution in [0.4, 0.5) is 20.7 Å². The van der Waals surface area contributed by atoms with Crippen LogP contribution in [0.2, 0.25) is 0 Å². The Morgan fingerprint density at radius 3 is 2.50 bits per heavy atom. The number of benzene rings is 1. The lowest BCUT2D eigenvalue weighted by atomic mass is 9.94. The van der Waals surface area contributed by atoms with Crippen molar-refractivity contribution in [3.8, 4) is 0 Å². The zero-order chi connectivity index (χ0) is 27.0. The van der Waals surface area contributed by atoms with Gasteiger partial charge in [0.05, 0.1) is 5.56 Å². The molecule has 1 aromatic carbocycles. The van der Waals surface area contributed by atoms with E-state index in [-0.39, 0.29) is 23.4 Å². The van der Waals surface area contributed by atoms with Crippen LogP contribution in [0.15, 0.2) is 35.1 Å². The van der Waals surface area contributed by atoms with Crippen molar-refractivity contribution in [2.45, 2.75) is 50.6 Å². The summed E-state index contributed by atoms with van der Waals surface area (Å²) in [5, 5.41) is 4.03. The summed E-state index contributed by atoms with van der Waals surface area (Å²) in [5.41, 5.74) is 6.89. The van der Waals surface area contributed by atoms with Crippen molar-refractivity contribution >= 4 is 17.9 Å². The van der Waals surface area contributed by atoms with Crippen molar-refractivity contribution in [2.75, 3.05) is 43.0 Å². The van der Waals surface area contributed by atoms with E-state index in [0.29, 0.717) is 49.5 Å². The molecule has 4 heterocycles. The van der Waals surface area contributed by atoms with Gasteiger partial charge in [-0.05, 0) is 36.6 Å². The average molecular weight is 527 g/mol. The van der Waals surface area contributed by atoms with Gasteiger partial charge in [0.15, 0.2) is 5.82 Å². The van der Waals surface area contributed by atoms with Gasteiger partial charge in [-0.1, -0.05) is 19.0 Å². The molecule has 2 aliphatic heterocycles. The Labute approximate surface area is 219 Å². The Kier molecular flexibility index (Phi) is 7.24. The van der Waals surface area contributed by atoms with E-state index in [0.717, 1.165) is 25.0 Å². The predicted octanol–water partition coefficient (Wildman–Crippen LogP) is 2.93. The minimum Gasteiger partial charge on any atom is -0.339 e. The molecule has 2 unspecified atom stereocenters. The summed E-state index contributed by atoms with van der Waals surface area (Å²) in [5.74, 6) is -0.261. The van der Waals surface area contributed by atoms with Crippen molar-refractivity contribution in [1.82, 2.24) is 25.0 Å². The van der Waals surface area contributed by atoms with E-state index >= 15 is 0 Å². The molecule has 5 rings (SSSR count). The van der Waals surface area contributed by atoms with Crippen LogP contribution in [0, 0.1) is 11.6 Å². The van der Waals surface area contributed by atoms with Crippen molar-refractivity contribution in [2.24, 2.45) is 5.73 Å². The number of hydrogen-bond donors (Lipinski definition) is 1. The molecule has 2 N–H and O–H groups in total. The van der Waals surface area contributed by atoms with E-state index in [2.05, 4.69) is 25.0 Å². The SMILES string of the molecule is CC(C)c1noc(N2CCC(N(C)C(=O)c3cnc(N4CC(N)C(c5cc(F)ccc5F)C4)nc3)CC2)n1. The largest absolute Gasteiger partial charge is 0.339 e. The highest BCUT2D eigenvalue weighted by atomic mass is 19.1. The van der Waals surface area contributed by atoms with Crippen molar-refractivity contribution in [3.63, 3.8) is 0 Å². The summed E-state index contributed by atoms with van der Waals surface area (Å²) in [6.07, 6.45) is 4.54. The minimum atomic E-state index is -0.504. The molecule has 2 atom stereocenters. The smallest absolute Gasteiger partial charge is 0.324 e. The molecule has 2 fully saturated rings. The van der Waals surface area contributed by atoms with Crippen LogP contribution in [-0.4, -0.2) is 76.2 Å². The molecule has 2 saturated heterocycles. The third-order valence-electron chi connectivity index (χ3n) is 7.44. The van der Waals surface area contributed by atoms with E-state index in [1.807, 2.05) is 18.7 Å². The van der Waals surface area contributed by atoms with Crippen LogP contribution in [0.25, 0.3) is 0 Å².